The molecule has 0 fully saturated rings. The van der Waals surface area contributed by atoms with Crippen molar-refractivity contribution < 1.29 is 18.4 Å². The summed E-state index contributed by atoms with van der Waals surface area (Å²) in [6, 6.07) is 3.74. The standard InChI is InChI=1S/C9H8BrF2NO3/c1-9(11,12)5-16-6-2-3-8(13(14)15)7(10)4-6/h2-4H,5H2,1H3. The largest absolute Gasteiger partial charge is 0.487 e. The Morgan fingerprint density at radius 1 is 1.56 bits per heavy atom. The van der Waals surface area contributed by atoms with E-state index in [1.807, 2.05) is 0 Å². The highest BCUT2D eigenvalue weighted by molar-refractivity contribution is 9.10. The number of alkyl halides is 2. The van der Waals surface area contributed by atoms with E-state index in [1.165, 1.54) is 18.2 Å². The molecular formula is C9H8BrF2NO3. The van der Waals surface area contributed by atoms with Gasteiger partial charge in [-0.3, -0.25) is 10.1 Å². The molecule has 0 saturated heterocycles. The molecular weight excluding hydrogens is 288 g/mol. The first-order chi connectivity index (χ1) is 7.29. The molecule has 0 saturated carbocycles. The highest BCUT2D eigenvalue weighted by atomic mass is 79.9. The Morgan fingerprint density at radius 2 is 2.19 bits per heavy atom. The zero-order valence-corrected chi connectivity index (χ0v) is 9.83. The van der Waals surface area contributed by atoms with Gasteiger partial charge in [0.05, 0.1) is 9.40 Å². The molecule has 1 aromatic carbocycles. The van der Waals surface area contributed by atoms with Crippen LogP contribution in [0, 0.1) is 10.1 Å². The van der Waals surface area contributed by atoms with E-state index in [4.69, 9.17) is 4.74 Å². The van der Waals surface area contributed by atoms with Gasteiger partial charge in [0.1, 0.15) is 5.75 Å². The molecule has 0 heterocycles. The number of benzene rings is 1. The van der Waals surface area contributed by atoms with Crippen molar-refractivity contribution in [2.24, 2.45) is 0 Å². The number of rotatable bonds is 4. The van der Waals surface area contributed by atoms with Gasteiger partial charge in [-0.2, -0.15) is 0 Å². The van der Waals surface area contributed by atoms with E-state index in [-0.39, 0.29) is 15.9 Å². The molecule has 88 valence electrons. The van der Waals surface area contributed by atoms with Crippen molar-refractivity contribution in [3.63, 3.8) is 0 Å². The van der Waals surface area contributed by atoms with Gasteiger partial charge in [-0.05, 0) is 22.0 Å². The molecule has 0 aromatic heterocycles. The van der Waals surface area contributed by atoms with Crippen molar-refractivity contribution in [3.05, 3.63) is 32.8 Å². The highest BCUT2D eigenvalue weighted by Crippen LogP contribution is 2.29. The Kier molecular flexibility index (Phi) is 3.79. The second-order valence-corrected chi connectivity index (χ2v) is 4.08. The van der Waals surface area contributed by atoms with Crippen molar-refractivity contribution in [1.82, 2.24) is 0 Å². The van der Waals surface area contributed by atoms with Gasteiger partial charge in [0.15, 0.2) is 6.61 Å². The monoisotopic (exact) mass is 295 g/mol. The Bertz CT molecular complexity index is 406. The van der Waals surface area contributed by atoms with Crippen LogP contribution in [0.25, 0.3) is 0 Å². The van der Waals surface area contributed by atoms with E-state index >= 15 is 0 Å². The lowest BCUT2D eigenvalue weighted by atomic mass is 10.3. The summed E-state index contributed by atoms with van der Waals surface area (Å²) in [5.74, 6) is -2.78. The summed E-state index contributed by atoms with van der Waals surface area (Å²) >= 11 is 2.96. The van der Waals surface area contributed by atoms with Gasteiger partial charge in [0.2, 0.25) is 0 Å². The lowest BCUT2D eigenvalue weighted by Gasteiger charge is -2.11. The minimum Gasteiger partial charge on any atom is -0.487 e. The molecule has 0 unspecified atom stereocenters. The number of nitrogens with zero attached hydrogens (tertiary/aromatic N) is 1. The molecule has 0 N–H and O–H groups in total. The molecule has 1 rings (SSSR count). The summed E-state index contributed by atoms with van der Waals surface area (Å²) in [4.78, 5) is 9.88. The van der Waals surface area contributed by atoms with E-state index in [0.717, 1.165) is 6.92 Å². The SMILES string of the molecule is CC(F)(F)COc1ccc([N+](=O)[O-])c(Br)c1. The predicted molar refractivity (Wildman–Crippen MR) is 56.9 cm³/mol. The van der Waals surface area contributed by atoms with Crippen LogP contribution < -0.4 is 4.74 Å². The smallest absolute Gasteiger partial charge is 0.283 e. The number of halogens is 3. The molecule has 0 aliphatic carbocycles. The van der Waals surface area contributed by atoms with E-state index in [0.29, 0.717) is 0 Å². The maximum atomic E-state index is 12.5. The topological polar surface area (TPSA) is 52.4 Å². The summed E-state index contributed by atoms with van der Waals surface area (Å²) in [6.07, 6.45) is 0. The van der Waals surface area contributed by atoms with E-state index < -0.39 is 17.5 Å². The molecule has 0 aliphatic rings. The van der Waals surface area contributed by atoms with E-state index in [1.54, 1.807) is 0 Å². The predicted octanol–water partition coefficient (Wildman–Crippen LogP) is 3.39. The molecule has 0 aliphatic heterocycles. The third-order valence-corrected chi connectivity index (χ3v) is 2.24. The van der Waals surface area contributed by atoms with Crippen LogP contribution in [-0.4, -0.2) is 17.5 Å². The summed E-state index contributed by atoms with van der Waals surface area (Å²) in [7, 11) is 0. The average Bonchev–Trinajstić information content (AvgIpc) is 2.13. The number of nitro benzene ring substituents is 1. The van der Waals surface area contributed by atoms with Crippen LogP contribution in [0.15, 0.2) is 22.7 Å². The second-order valence-electron chi connectivity index (χ2n) is 3.23. The molecule has 4 nitrogen and oxygen atoms in total. The van der Waals surface area contributed by atoms with Crippen molar-refractivity contribution in [2.75, 3.05) is 6.61 Å². The molecule has 0 radical (unpaired) electrons. The van der Waals surface area contributed by atoms with Crippen LogP contribution in [0.3, 0.4) is 0 Å². The van der Waals surface area contributed by atoms with Crippen LogP contribution in [0.1, 0.15) is 6.92 Å². The van der Waals surface area contributed by atoms with Gasteiger partial charge >= 0.3 is 0 Å². The van der Waals surface area contributed by atoms with Crippen molar-refractivity contribution in [2.45, 2.75) is 12.8 Å². The summed E-state index contributed by atoms with van der Waals surface area (Å²) in [5, 5.41) is 10.5. The molecule has 0 spiro atoms. The average molecular weight is 296 g/mol. The van der Waals surface area contributed by atoms with Crippen LogP contribution in [-0.2, 0) is 0 Å². The molecule has 1 aromatic rings. The van der Waals surface area contributed by atoms with Crippen molar-refractivity contribution in [1.29, 1.82) is 0 Å². The molecule has 0 amide bonds. The van der Waals surface area contributed by atoms with E-state index in [9.17, 15) is 18.9 Å². The number of hydrogen-bond donors (Lipinski definition) is 0. The maximum absolute atomic E-state index is 12.5. The number of nitro groups is 1. The van der Waals surface area contributed by atoms with E-state index in [2.05, 4.69) is 15.9 Å². The first kappa shape index (κ1) is 12.8. The van der Waals surface area contributed by atoms with Crippen LogP contribution in [0.2, 0.25) is 0 Å². The Morgan fingerprint density at radius 3 is 2.62 bits per heavy atom. The third-order valence-electron chi connectivity index (χ3n) is 1.61. The molecule has 0 bridgehead atoms. The van der Waals surface area contributed by atoms with Gasteiger partial charge in [-0.15, -0.1) is 0 Å². The maximum Gasteiger partial charge on any atom is 0.283 e. The number of hydrogen-bond acceptors (Lipinski definition) is 3. The normalized spacial score (nSPS) is 11.2. The zero-order chi connectivity index (χ0) is 12.3. The van der Waals surface area contributed by atoms with Crippen molar-refractivity contribution in [3.8, 4) is 5.75 Å². The number of ether oxygens (including phenoxy) is 1. The Balaban J connectivity index is 2.78. The van der Waals surface area contributed by atoms with Gasteiger partial charge in [-0.25, -0.2) is 8.78 Å². The lowest BCUT2D eigenvalue weighted by molar-refractivity contribution is -0.385. The van der Waals surface area contributed by atoms with Gasteiger partial charge in [-0.1, -0.05) is 0 Å². The summed E-state index contributed by atoms with van der Waals surface area (Å²) in [5.41, 5.74) is -0.143. The van der Waals surface area contributed by atoms with Crippen LogP contribution in [0.5, 0.6) is 5.75 Å². The third kappa shape index (κ3) is 3.73. The first-order valence-electron chi connectivity index (χ1n) is 4.24. The zero-order valence-electron chi connectivity index (χ0n) is 8.25. The fraction of sp³-hybridized carbons (Fsp3) is 0.333. The van der Waals surface area contributed by atoms with Gasteiger partial charge in [0, 0.05) is 19.1 Å². The highest BCUT2D eigenvalue weighted by Gasteiger charge is 2.22. The molecule has 0 atom stereocenters. The van der Waals surface area contributed by atoms with Crippen molar-refractivity contribution >= 4 is 21.6 Å². The second kappa shape index (κ2) is 4.73. The molecule has 16 heavy (non-hydrogen) atoms. The first-order valence-corrected chi connectivity index (χ1v) is 5.03. The fourth-order valence-corrected chi connectivity index (χ4v) is 1.44. The fourth-order valence-electron chi connectivity index (χ4n) is 0.936. The Hall–Kier alpha value is -1.24. The minimum absolute atomic E-state index is 0.143. The molecule has 7 heteroatoms. The van der Waals surface area contributed by atoms with Gasteiger partial charge < -0.3 is 4.74 Å². The minimum atomic E-state index is -2.94. The van der Waals surface area contributed by atoms with Crippen LogP contribution in [0.4, 0.5) is 14.5 Å². The lowest BCUT2D eigenvalue weighted by Crippen LogP contribution is -2.20. The van der Waals surface area contributed by atoms with Crippen LogP contribution >= 0.6 is 15.9 Å². The summed E-state index contributed by atoms with van der Waals surface area (Å²) in [6.45, 7) is -0.0370. The Labute approximate surface area is 98.5 Å². The quantitative estimate of drug-likeness (QED) is 0.632. The van der Waals surface area contributed by atoms with Gasteiger partial charge in [0.25, 0.3) is 11.6 Å². The summed E-state index contributed by atoms with van der Waals surface area (Å²) < 4.78 is 29.9.